The minimum Gasteiger partial charge on any atom is -0.399 e. The summed E-state index contributed by atoms with van der Waals surface area (Å²) in [5, 5.41) is 4.49. The smallest absolute Gasteiger partial charge is 0.241 e. The molecule has 0 aromatic heterocycles. The normalized spacial score (nSPS) is 10.5. The van der Waals surface area contributed by atoms with Gasteiger partial charge in [0.15, 0.2) is 0 Å². The Kier molecular flexibility index (Phi) is 4.54. The van der Waals surface area contributed by atoms with Crippen molar-refractivity contribution in [3.63, 3.8) is 0 Å². The van der Waals surface area contributed by atoms with E-state index in [0.717, 1.165) is 0 Å². The first kappa shape index (κ1) is 12.8. The number of carbonyl (C=O) groups excluding carboxylic acids is 1. The fourth-order valence-corrected chi connectivity index (χ4v) is 1.26. The molecule has 0 aliphatic carbocycles. The number of anilines is 2. The molecule has 1 aromatic rings. The van der Waals surface area contributed by atoms with E-state index < -0.39 is 0 Å². The van der Waals surface area contributed by atoms with Crippen LogP contribution in [0.1, 0.15) is 0 Å². The largest absolute Gasteiger partial charge is 0.399 e. The standard InChI is InChI=1S/C10H14ClN3O2/c1-14(16-2)6-10(15)13-9-5-7(12)3-4-8(9)11/h3-5H,6,12H2,1-2H3,(H,13,15). The summed E-state index contributed by atoms with van der Waals surface area (Å²) in [6.07, 6.45) is 0. The highest BCUT2D eigenvalue weighted by Crippen LogP contribution is 2.23. The molecule has 0 bridgehead atoms. The molecule has 0 heterocycles. The molecule has 1 amide bonds. The number of hydroxylamine groups is 2. The Labute approximate surface area is 99.1 Å². The SMILES string of the molecule is CON(C)CC(=O)Nc1cc(N)ccc1Cl. The molecule has 88 valence electrons. The molecule has 0 aliphatic heterocycles. The number of halogens is 1. The summed E-state index contributed by atoms with van der Waals surface area (Å²) in [6.45, 7) is 0.113. The molecule has 0 fully saturated rings. The molecule has 0 radical (unpaired) electrons. The second-order valence-corrected chi connectivity index (χ2v) is 3.66. The van der Waals surface area contributed by atoms with E-state index in [1.807, 2.05) is 0 Å². The number of nitrogen functional groups attached to an aromatic ring is 1. The number of likely N-dealkylation sites (N-methyl/N-ethyl adjacent to an activating group) is 1. The van der Waals surface area contributed by atoms with E-state index in [1.165, 1.54) is 12.2 Å². The van der Waals surface area contributed by atoms with Crippen molar-refractivity contribution < 1.29 is 9.63 Å². The highest BCUT2D eigenvalue weighted by Gasteiger charge is 2.08. The summed E-state index contributed by atoms with van der Waals surface area (Å²) < 4.78 is 0. The molecule has 0 atom stereocenters. The van der Waals surface area contributed by atoms with E-state index in [9.17, 15) is 4.79 Å². The molecule has 0 spiro atoms. The zero-order chi connectivity index (χ0) is 12.1. The van der Waals surface area contributed by atoms with Crippen molar-refractivity contribution in [2.45, 2.75) is 0 Å². The first-order valence-corrected chi connectivity index (χ1v) is 5.01. The lowest BCUT2D eigenvalue weighted by Crippen LogP contribution is -2.29. The van der Waals surface area contributed by atoms with Crippen LogP contribution in [0.5, 0.6) is 0 Å². The van der Waals surface area contributed by atoms with Gasteiger partial charge in [-0.05, 0) is 18.2 Å². The van der Waals surface area contributed by atoms with Crippen LogP contribution in [0.3, 0.4) is 0 Å². The third-order valence-electron chi connectivity index (χ3n) is 1.94. The van der Waals surface area contributed by atoms with E-state index in [1.54, 1.807) is 25.2 Å². The molecule has 1 rings (SSSR count). The van der Waals surface area contributed by atoms with Gasteiger partial charge in [0.05, 0.1) is 17.8 Å². The minimum atomic E-state index is -0.225. The third kappa shape index (κ3) is 3.69. The summed E-state index contributed by atoms with van der Waals surface area (Å²) in [4.78, 5) is 16.3. The number of carbonyl (C=O) groups is 1. The zero-order valence-electron chi connectivity index (χ0n) is 9.16. The van der Waals surface area contributed by atoms with Crippen molar-refractivity contribution in [2.75, 3.05) is 31.8 Å². The van der Waals surface area contributed by atoms with Crippen molar-refractivity contribution in [3.8, 4) is 0 Å². The zero-order valence-corrected chi connectivity index (χ0v) is 9.91. The Morgan fingerprint density at radius 2 is 2.31 bits per heavy atom. The van der Waals surface area contributed by atoms with Crippen molar-refractivity contribution in [3.05, 3.63) is 23.2 Å². The number of nitrogens with two attached hydrogens (primary N) is 1. The number of hydrogen-bond donors (Lipinski definition) is 2. The third-order valence-corrected chi connectivity index (χ3v) is 2.27. The van der Waals surface area contributed by atoms with Crippen LogP contribution in [-0.4, -0.2) is 31.7 Å². The van der Waals surface area contributed by atoms with Crippen LogP contribution in [0.15, 0.2) is 18.2 Å². The lowest BCUT2D eigenvalue weighted by molar-refractivity contribution is -0.137. The van der Waals surface area contributed by atoms with Crippen LogP contribution in [0.25, 0.3) is 0 Å². The maximum atomic E-state index is 11.5. The van der Waals surface area contributed by atoms with Gasteiger partial charge in [-0.15, -0.1) is 0 Å². The number of nitrogens with zero attached hydrogens (tertiary/aromatic N) is 1. The van der Waals surface area contributed by atoms with Gasteiger partial charge in [0, 0.05) is 12.7 Å². The Balaban J connectivity index is 2.65. The molecule has 5 nitrogen and oxygen atoms in total. The molecular weight excluding hydrogens is 230 g/mol. The monoisotopic (exact) mass is 243 g/mol. The number of nitrogens with one attached hydrogen (secondary N) is 1. The van der Waals surface area contributed by atoms with Gasteiger partial charge in [-0.1, -0.05) is 11.6 Å². The van der Waals surface area contributed by atoms with Crippen LogP contribution in [0.2, 0.25) is 5.02 Å². The van der Waals surface area contributed by atoms with Crippen molar-refractivity contribution in [2.24, 2.45) is 0 Å². The van der Waals surface area contributed by atoms with Crippen LogP contribution in [0.4, 0.5) is 11.4 Å². The molecule has 0 aliphatic rings. The van der Waals surface area contributed by atoms with E-state index >= 15 is 0 Å². The van der Waals surface area contributed by atoms with Gasteiger partial charge in [0.1, 0.15) is 6.54 Å². The van der Waals surface area contributed by atoms with Gasteiger partial charge >= 0.3 is 0 Å². The molecule has 1 aromatic carbocycles. The van der Waals surface area contributed by atoms with Crippen molar-refractivity contribution >= 4 is 28.9 Å². The van der Waals surface area contributed by atoms with E-state index in [-0.39, 0.29) is 12.5 Å². The van der Waals surface area contributed by atoms with E-state index in [4.69, 9.17) is 22.2 Å². The molecule has 0 unspecified atom stereocenters. The topological polar surface area (TPSA) is 67.6 Å². The highest BCUT2D eigenvalue weighted by atomic mass is 35.5. The maximum Gasteiger partial charge on any atom is 0.241 e. The maximum absolute atomic E-state index is 11.5. The predicted octanol–water partition coefficient (Wildman–Crippen LogP) is 1.35. The number of rotatable bonds is 4. The van der Waals surface area contributed by atoms with Crippen LogP contribution >= 0.6 is 11.6 Å². The first-order chi connectivity index (χ1) is 7.52. The molecule has 3 N–H and O–H groups in total. The fraction of sp³-hybridized carbons (Fsp3) is 0.300. The van der Waals surface area contributed by atoms with Crippen LogP contribution in [0, 0.1) is 0 Å². The lowest BCUT2D eigenvalue weighted by Gasteiger charge is -2.13. The quantitative estimate of drug-likeness (QED) is 0.619. The minimum absolute atomic E-state index is 0.113. The summed E-state index contributed by atoms with van der Waals surface area (Å²) >= 11 is 5.90. The van der Waals surface area contributed by atoms with E-state index in [2.05, 4.69) is 5.32 Å². The Hall–Kier alpha value is -1.30. The molecule has 6 heteroatoms. The van der Waals surface area contributed by atoms with Gasteiger partial charge < -0.3 is 15.9 Å². The second-order valence-electron chi connectivity index (χ2n) is 3.26. The summed E-state index contributed by atoms with van der Waals surface area (Å²) in [6, 6.07) is 4.90. The first-order valence-electron chi connectivity index (χ1n) is 4.63. The lowest BCUT2D eigenvalue weighted by atomic mass is 10.3. The highest BCUT2D eigenvalue weighted by molar-refractivity contribution is 6.33. The van der Waals surface area contributed by atoms with Gasteiger partial charge in [-0.3, -0.25) is 4.79 Å². The Morgan fingerprint density at radius 1 is 1.62 bits per heavy atom. The van der Waals surface area contributed by atoms with Crippen LogP contribution in [-0.2, 0) is 9.63 Å². The van der Waals surface area contributed by atoms with E-state index in [0.29, 0.717) is 16.4 Å². The Bertz CT molecular complexity index is 384. The molecule has 0 saturated carbocycles. The Morgan fingerprint density at radius 3 is 2.94 bits per heavy atom. The predicted molar refractivity (Wildman–Crippen MR) is 64.1 cm³/mol. The average molecular weight is 244 g/mol. The molecular formula is C10H14ClN3O2. The fourth-order valence-electron chi connectivity index (χ4n) is 1.10. The van der Waals surface area contributed by atoms with Gasteiger partial charge in [-0.25, -0.2) is 0 Å². The van der Waals surface area contributed by atoms with Crippen molar-refractivity contribution in [1.82, 2.24) is 5.06 Å². The summed E-state index contributed by atoms with van der Waals surface area (Å²) in [5.74, 6) is -0.225. The van der Waals surface area contributed by atoms with Gasteiger partial charge in [0.25, 0.3) is 0 Å². The second kappa shape index (κ2) is 5.69. The van der Waals surface area contributed by atoms with Gasteiger partial charge in [-0.2, -0.15) is 5.06 Å². The molecule has 0 saturated heterocycles. The summed E-state index contributed by atoms with van der Waals surface area (Å²) in [5.41, 5.74) is 6.62. The van der Waals surface area contributed by atoms with Gasteiger partial charge in [0.2, 0.25) is 5.91 Å². The number of benzene rings is 1. The number of amides is 1. The summed E-state index contributed by atoms with van der Waals surface area (Å²) in [7, 11) is 3.14. The number of hydrogen-bond acceptors (Lipinski definition) is 4. The average Bonchev–Trinajstić information content (AvgIpc) is 2.23. The van der Waals surface area contributed by atoms with Crippen LogP contribution < -0.4 is 11.1 Å². The van der Waals surface area contributed by atoms with Crippen molar-refractivity contribution in [1.29, 1.82) is 0 Å². The molecule has 16 heavy (non-hydrogen) atoms.